The van der Waals surface area contributed by atoms with Gasteiger partial charge < -0.3 is 10.4 Å². The predicted molar refractivity (Wildman–Crippen MR) is 59.4 cm³/mol. The van der Waals surface area contributed by atoms with Gasteiger partial charge in [-0.25, -0.2) is 4.79 Å². The third-order valence-corrected chi connectivity index (χ3v) is 2.75. The molecule has 1 aliphatic heterocycles. The second-order valence-corrected chi connectivity index (χ2v) is 3.91. The van der Waals surface area contributed by atoms with Gasteiger partial charge in [-0.05, 0) is 19.4 Å². The highest BCUT2D eigenvalue weighted by Crippen LogP contribution is 2.17. The SMILES string of the molecule is CNC(=O)NC(=O)CCN1CCCC1C(=O)O. The molecule has 1 atom stereocenters. The predicted octanol–water partition coefficient (Wildman–Crippen LogP) is -0.619. The summed E-state index contributed by atoms with van der Waals surface area (Å²) in [6.45, 7) is 1.05. The molecule has 3 N–H and O–H groups in total. The fourth-order valence-electron chi connectivity index (χ4n) is 1.87. The van der Waals surface area contributed by atoms with Crippen LogP contribution in [0.1, 0.15) is 19.3 Å². The Morgan fingerprint density at radius 1 is 1.41 bits per heavy atom. The number of likely N-dealkylation sites (tertiary alicyclic amines) is 1. The first-order valence-corrected chi connectivity index (χ1v) is 5.53. The Balaban J connectivity index is 2.32. The summed E-state index contributed by atoms with van der Waals surface area (Å²) >= 11 is 0. The number of imide groups is 1. The van der Waals surface area contributed by atoms with E-state index in [0.29, 0.717) is 19.5 Å². The minimum atomic E-state index is -0.853. The van der Waals surface area contributed by atoms with Crippen molar-refractivity contribution in [2.45, 2.75) is 25.3 Å². The van der Waals surface area contributed by atoms with Gasteiger partial charge in [-0.1, -0.05) is 0 Å². The molecule has 0 aromatic rings. The number of carbonyl (C=O) groups is 3. The van der Waals surface area contributed by atoms with Crippen LogP contribution in [0.15, 0.2) is 0 Å². The minimum absolute atomic E-state index is 0.122. The van der Waals surface area contributed by atoms with Crippen molar-refractivity contribution in [2.24, 2.45) is 0 Å². The molecule has 7 nitrogen and oxygen atoms in total. The molecule has 0 aromatic carbocycles. The number of rotatable bonds is 4. The lowest BCUT2D eigenvalue weighted by molar-refractivity contribution is -0.142. The summed E-state index contributed by atoms with van der Waals surface area (Å²) in [6.07, 6.45) is 1.57. The van der Waals surface area contributed by atoms with Gasteiger partial charge in [-0.2, -0.15) is 0 Å². The summed E-state index contributed by atoms with van der Waals surface area (Å²) < 4.78 is 0. The molecule has 0 spiro atoms. The summed E-state index contributed by atoms with van der Waals surface area (Å²) in [6, 6.07) is -1.05. The molecule has 0 aromatic heterocycles. The van der Waals surface area contributed by atoms with E-state index < -0.39 is 23.9 Å². The normalized spacial score (nSPS) is 19.9. The molecule has 1 unspecified atom stereocenters. The van der Waals surface area contributed by atoms with E-state index in [1.807, 2.05) is 0 Å². The van der Waals surface area contributed by atoms with E-state index in [1.54, 1.807) is 4.90 Å². The summed E-state index contributed by atoms with van der Waals surface area (Å²) in [5.74, 6) is -1.26. The Hall–Kier alpha value is -1.63. The highest BCUT2D eigenvalue weighted by Gasteiger charge is 2.30. The molecule has 0 saturated carbocycles. The van der Waals surface area contributed by atoms with E-state index in [-0.39, 0.29) is 6.42 Å². The Kier molecular flexibility index (Phi) is 4.89. The molecule has 1 heterocycles. The van der Waals surface area contributed by atoms with Crippen LogP contribution in [0.5, 0.6) is 0 Å². The van der Waals surface area contributed by atoms with Gasteiger partial charge in [0.15, 0.2) is 0 Å². The van der Waals surface area contributed by atoms with Crippen LogP contribution in [0.4, 0.5) is 4.79 Å². The summed E-state index contributed by atoms with van der Waals surface area (Å²) in [4.78, 5) is 34.8. The molecule has 17 heavy (non-hydrogen) atoms. The molecule has 0 aliphatic carbocycles. The molecule has 7 heteroatoms. The zero-order chi connectivity index (χ0) is 12.8. The van der Waals surface area contributed by atoms with Crippen molar-refractivity contribution in [2.75, 3.05) is 20.1 Å². The molecule has 1 saturated heterocycles. The zero-order valence-corrected chi connectivity index (χ0v) is 9.73. The average molecular weight is 243 g/mol. The smallest absolute Gasteiger partial charge is 0.321 e. The first-order chi connectivity index (χ1) is 8.04. The van der Waals surface area contributed by atoms with Gasteiger partial charge in [0, 0.05) is 20.0 Å². The number of hydrogen-bond donors (Lipinski definition) is 3. The molecule has 0 bridgehead atoms. The van der Waals surface area contributed by atoms with Crippen molar-refractivity contribution in [1.29, 1.82) is 0 Å². The van der Waals surface area contributed by atoms with E-state index >= 15 is 0 Å². The van der Waals surface area contributed by atoms with Crippen molar-refractivity contribution < 1.29 is 19.5 Å². The van der Waals surface area contributed by atoms with Gasteiger partial charge >= 0.3 is 12.0 Å². The van der Waals surface area contributed by atoms with E-state index in [1.165, 1.54) is 7.05 Å². The number of hydrogen-bond acceptors (Lipinski definition) is 4. The Morgan fingerprint density at radius 2 is 2.12 bits per heavy atom. The number of carbonyl (C=O) groups excluding carboxylic acids is 2. The third kappa shape index (κ3) is 4.03. The van der Waals surface area contributed by atoms with Gasteiger partial charge in [0.05, 0.1) is 0 Å². The third-order valence-electron chi connectivity index (χ3n) is 2.75. The first kappa shape index (κ1) is 13.4. The highest BCUT2D eigenvalue weighted by molar-refractivity contribution is 5.94. The maximum Gasteiger partial charge on any atom is 0.321 e. The van der Waals surface area contributed by atoms with E-state index in [0.717, 1.165) is 6.42 Å². The standard InChI is InChI=1S/C10H17N3O4/c1-11-10(17)12-8(14)4-6-13-5-2-3-7(13)9(15)16/h7H,2-6H2,1H3,(H,15,16)(H2,11,12,14,17). The van der Waals surface area contributed by atoms with E-state index in [2.05, 4.69) is 10.6 Å². The van der Waals surface area contributed by atoms with Crippen LogP contribution in [0, 0.1) is 0 Å². The van der Waals surface area contributed by atoms with Crippen LogP contribution in [-0.4, -0.2) is 54.1 Å². The van der Waals surface area contributed by atoms with E-state index in [4.69, 9.17) is 5.11 Å². The highest BCUT2D eigenvalue weighted by atomic mass is 16.4. The molecular formula is C10H17N3O4. The maximum absolute atomic E-state index is 11.3. The Labute approximate surface area is 99.2 Å². The maximum atomic E-state index is 11.3. The monoisotopic (exact) mass is 243 g/mol. The van der Waals surface area contributed by atoms with Crippen LogP contribution in [-0.2, 0) is 9.59 Å². The number of carboxylic acids is 1. The minimum Gasteiger partial charge on any atom is -0.480 e. The number of nitrogens with zero attached hydrogens (tertiary/aromatic N) is 1. The number of amides is 3. The van der Waals surface area contributed by atoms with Crippen molar-refractivity contribution in [3.8, 4) is 0 Å². The average Bonchev–Trinajstić information content (AvgIpc) is 2.74. The van der Waals surface area contributed by atoms with Gasteiger partial charge in [0.25, 0.3) is 0 Å². The van der Waals surface area contributed by atoms with Gasteiger partial charge in [0.2, 0.25) is 5.91 Å². The zero-order valence-electron chi connectivity index (χ0n) is 9.73. The van der Waals surface area contributed by atoms with Crippen LogP contribution >= 0.6 is 0 Å². The molecular weight excluding hydrogens is 226 g/mol. The fraction of sp³-hybridized carbons (Fsp3) is 0.700. The quantitative estimate of drug-likeness (QED) is 0.611. The molecule has 96 valence electrons. The van der Waals surface area contributed by atoms with E-state index in [9.17, 15) is 14.4 Å². The van der Waals surface area contributed by atoms with Crippen molar-refractivity contribution >= 4 is 17.9 Å². The summed E-state index contributed by atoms with van der Waals surface area (Å²) in [7, 11) is 1.42. The lowest BCUT2D eigenvalue weighted by atomic mass is 10.2. The Bertz CT molecular complexity index is 319. The van der Waals surface area contributed by atoms with Gasteiger partial charge in [0.1, 0.15) is 6.04 Å². The van der Waals surface area contributed by atoms with Crippen molar-refractivity contribution in [3.05, 3.63) is 0 Å². The second-order valence-electron chi connectivity index (χ2n) is 3.91. The number of urea groups is 1. The molecule has 3 amide bonds. The van der Waals surface area contributed by atoms with Gasteiger partial charge in [-0.3, -0.25) is 19.8 Å². The van der Waals surface area contributed by atoms with Crippen LogP contribution in [0.25, 0.3) is 0 Å². The number of carboxylic acid groups (broad SMARTS) is 1. The van der Waals surface area contributed by atoms with Crippen LogP contribution < -0.4 is 10.6 Å². The van der Waals surface area contributed by atoms with Gasteiger partial charge in [-0.15, -0.1) is 0 Å². The lowest BCUT2D eigenvalue weighted by Crippen LogP contribution is -2.41. The largest absolute Gasteiger partial charge is 0.480 e. The number of aliphatic carboxylic acids is 1. The molecule has 1 fully saturated rings. The fourth-order valence-corrected chi connectivity index (χ4v) is 1.87. The number of nitrogens with one attached hydrogen (secondary N) is 2. The van der Waals surface area contributed by atoms with Crippen molar-refractivity contribution in [1.82, 2.24) is 15.5 Å². The van der Waals surface area contributed by atoms with Crippen LogP contribution in [0.2, 0.25) is 0 Å². The summed E-state index contributed by atoms with van der Waals surface area (Å²) in [5, 5.41) is 13.3. The molecule has 0 radical (unpaired) electrons. The second kappa shape index (κ2) is 6.19. The van der Waals surface area contributed by atoms with Crippen molar-refractivity contribution in [3.63, 3.8) is 0 Å². The van der Waals surface area contributed by atoms with Crippen LogP contribution in [0.3, 0.4) is 0 Å². The Morgan fingerprint density at radius 3 is 2.71 bits per heavy atom. The summed E-state index contributed by atoms with van der Waals surface area (Å²) in [5.41, 5.74) is 0. The topological polar surface area (TPSA) is 98.7 Å². The lowest BCUT2D eigenvalue weighted by Gasteiger charge is -2.20. The molecule has 1 aliphatic rings. The first-order valence-electron chi connectivity index (χ1n) is 5.53. The molecule has 1 rings (SSSR count).